The Kier molecular flexibility index (Phi) is 6.11. The fraction of sp³-hybridized carbons (Fsp3) is 0.350. The van der Waals surface area contributed by atoms with E-state index in [1.54, 1.807) is 35.7 Å². The molecule has 11 heteroatoms. The fourth-order valence-electron chi connectivity index (χ4n) is 3.68. The molecule has 1 fully saturated rings. The van der Waals surface area contributed by atoms with E-state index in [4.69, 9.17) is 4.74 Å². The Morgan fingerprint density at radius 2 is 2.10 bits per heavy atom. The predicted molar refractivity (Wildman–Crippen MR) is 119 cm³/mol. The second kappa shape index (κ2) is 8.65. The number of aryl methyl sites for hydroxylation is 1. The highest BCUT2D eigenvalue weighted by Gasteiger charge is 2.39. The van der Waals surface area contributed by atoms with E-state index in [1.165, 1.54) is 22.8 Å². The first-order chi connectivity index (χ1) is 14.9. The maximum atomic E-state index is 13.1. The van der Waals surface area contributed by atoms with Crippen LogP contribution in [0.15, 0.2) is 44.9 Å². The Hall–Kier alpha value is -2.34. The normalized spacial score (nSPS) is 18.0. The molecule has 1 atom stereocenters. The van der Waals surface area contributed by atoms with E-state index in [-0.39, 0.29) is 4.21 Å². The number of aromatic nitrogens is 1. The van der Waals surface area contributed by atoms with Crippen molar-refractivity contribution in [2.24, 2.45) is 4.99 Å². The fourth-order valence-corrected chi connectivity index (χ4v) is 7.59. The van der Waals surface area contributed by atoms with E-state index < -0.39 is 27.9 Å². The minimum atomic E-state index is -3.72. The van der Waals surface area contributed by atoms with Crippen LogP contribution in [0.3, 0.4) is 0 Å². The van der Waals surface area contributed by atoms with Gasteiger partial charge >= 0.3 is 5.97 Å². The van der Waals surface area contributed by atoms with Gasteiger partial charge in [0.2, 0.25) is 0 Å². The minimum absolute atomic E-state index is 0.230. The minimum Gasteiger partial charge on any atom is -0.465 e. The highest BCUT2D eigenvalue weighted by molar-refractivity contribution is 7.91. The number of amides is 1. The van der Waals surface area contributed by atoms with Crippen molar-refractivity contribution in [2.75, 3.05) is 13.7 Å². The molecule has 4 rings (SSSR count). The van der Waals surface area contributed by atoms with Gasteiger partial charge in [-0.1, -0.05) is 17.4 Å². The van der Waals surface area contributed by atoms with Gasteiger partial charge in [0.1, 0.15) is 10.3 Å². The van der Waals surface area contributed by atoms with Crippen LogP contribution in [0.4, 0.5) is 0 Å². The lowest BCUT2D eigenvalue weighted by molar-refractivity contribution is -0.121. The van der Waals surface area contributed by atoms with Crippen LogP contribution >= 0.6 is 22.7 Å². The van der Waals surface area contributed by atoms with Gasteiger partial charge in [-0.05, 0) is 49.4 Å². The Bertz CT molecular complexity index is 1310. The first-order valence-corrected chi connectivity index (χ1v) is 12.9. The third kappa shape index (κ3) is 3.98. The van der Waals surface area contributed by atoms with Crippen molar-refractivity contribution in [1.82, 2.24) is 8.87 Å². The molecule has 0 bridgehead atoms. The standard InChI is InChI=1S/C20H21N3O5S3/c1-3-22-14-9-8-13(19(25)28-2)12-16(14)30-20(22)21-18(24)15-6-4-10-23(15)31(26,27)17-7-5-11-29-17/h5,7-9,11-12,15H,3-4,6,10H2,1-2H3. The van der Waals surface area contributed by atoms with Crippen molar-refractivity contribution in [1.29, 1.82) is 0 Å². The Labute approximate surface area is 187 Å². The highest BCUT2D eigenvalue weighted by atomic mass is 32.2. The molecule has 1 saturated heterocycles. The number of benzene rings is 1. The quantitative estimate of drug-likeness (QED) is 0.524. The number of methoxy groups -OCH3 is 1. The molecule has 1 aliphatic rings. The molecule has 3 aromatic rings. The van der Waals surface area contributed by atoms with E-state index in [9.17, 15) is 18.0 Å². The van der Waals surface area contributed by atoms with Crippen LogP contribution in [-0.4, -0.2) is 48.9 Å². The van der Waals surface area contributed by atoms with Crippen molar-refractivity contribution in [3.8, 4) is 0 Å². The summed E-state index contributed by atoms with van der Waals surface area (Å²) >= 11 is 2.42. The number of hydrogen-bond donors (Lipinski definition) is 0. The predicted octanol–water partition coefficient (Wildman–Crippen LogP) is 2.85. The largest absolute Gasteiger partial charge is 0.465 e. The van der Waals surface area contributed by atoms with E-state index in [2.05, 4.69) is 4.99 Å². The third-order valence-electron chi connectivity index (χ3n) is 5.17. The highest BCUT2D eigenvalue weighted by Crippen LogP contribution is 2.29. The van der Waals surface area contributed by atoms with Crippen molar-refractivity contribution in [2.45, 2.75) is 36.6 Å². The van der Waals surface area contributed by atoms with Gasteiger partial charge in [-0.15, -0.1) is 11.3 Å². The summed E-state index contributed by atoms with van der Waals surface area (Å²) in [6.45, 7) is 2.81. The summed E-state index contributed by atoms with van der Waals surface area (Å²) in [4.78, 5) is 29.7. The summed E-state index contributed by atoms with van der Waals surface area (Å²) in [7, 11) is -2.40. The second-order valence-electron chi connectivity index (χ2n) is 6.96. The van der Waals surface area contributed by atoms with Crippen LogP contribution in [0.25, 0.3) is 10.2 Å². The molecular weight excluding hydrogens is 458 g/mol. The monoisotopic (exact) mass is 479 g/mol. The SMILES string of the molecule is CCn1c(=NC(=O)C2CCCN2S(=O)(=O)c2cccs2)sc2cc(C(=O)OC)ccc21. The van der Waals surface area contributed by atoms with Gasteiger partial charge in [-0.3, -0.25) is 4.79 Å². The Balaban J connectivity index is 1.72. The van der Waals surface area contributed by atoms with E-state index in [0.29, 0.717) is 36.3 Å². The van der Waals surface area contributed by atoms with Crippen molar-refractivity contribution >= 4 is 54.8 Å². The summed E-state index contributed by atoms with van der Waals surface area (Å²) < 4.78 is 34.9. The lowest BCUT2D eigenvalue weighted by atomic mass is 10.2. The molecule has 1 aliphatic heterocycles. The molecule has 31 heavy (non-hydrogen) atoms. The van der Waals surface area contributed by atoms with Gasteiger partial charge in [0.25, 0.3) is 15.9 Å². The van der Waals surface area contributed by atoms with Gasteiger partial charge in [-0.25, -0.2) is 13.2 Å². The Morgan fingerprint density at radius 1 is 1.29 bits per heavy atom. The van der Waals surface area contributed by atoms with Crippen molar-refractivity contribution < 1.29 is 22.7 Å². The van der Waals surface area contributed by atoms with Crippen molar-refractivity contribution in [3.05, 3.63) is 46.1 Å². The number of sulfonamides is 1. The average molecular weight is 480 g/mol. The lowest BCUT2D eigenvalue weighted by Gasteiger charge is -2.20. The van der Waals surface area contributed by atoms with Crippen LogP contribution in [0, 0.1) is 0 Å². The first-order valence-electron chi connectivity index (χ1n) is 9.72. The molecule has 1 amide bonds. The maximum Gasteiger partial charge on any atom is 0.337 e. The second-order valence-corrected chi connectivity index (χ2v) is 11.0. The molecule has 2 aromatic heterocycles. The summed E-state index contributed by atoms with van der Waals surface area (Å²) in [6.07, 6.45) is 1.05. The number of rotatable bonds is 5. The molecule has 0 aliphatic carbocycles. The van der Waals surface area contributed by atoms with Crippen LogP contribution in [0.2, 0.25) is 0 Å². The zero-order valence-corrected chi connectivity index (χ0v) is 19.4. The molecule has 164 valence electrons. The smallest absolute Gasteiger partial charge is 0.337 e. The van der Waals surface area contributed by atoms with Gasteiger partial charge in [0.05, 0.1) is 22.9 Å². The van der Waals surface area contributed by atoms with E-state index in [1.807, 2.05) is 11.5 Å². The number of nitrogens with zero attached hydrogens (tertiary/aromatic N) is 3. The maximum absolute atomic E-state index is 13.1. The van der Waals surface area contributed by atoms with E-state index >= 15 is 0 Å². The molecule has 1 aromatic carbocycles. The summed E-state index contributed by atoms with van der Waals surface area (Å²) in [5.74, 6) is -0.909. The van der Waals surface area contributed by atoms with E-state index in [0.717, 1.165) is 21.6 Å². The summed E-state index contributed by atoms with van der Waals surface area (Å²) in [5.41, 5.74) is 1.27. The molecule has 0 N–H and O–H groups in total. The molecule has 0 saturated carbocycles. The van der Waals surface area contributed by atoms with Gasteiger partial charge in [-0.2, -0.15) is 9.30 Å². The Morgan fingerprint density at radius 3 is 2.77 bits per heavy atom. The van der Waals surface area contributed by atoms with Crippen molar-refractivity contribution in [3.63, 3.8) is 0 Å². The summed E-state index contributed by atoms with van der Waals surface area (Å²) in [5, 5.41) is 1.70. The molecular formula is C20H21N3O5S3. The van der Waals surface area contributed by atoms with Crippen LogP contribution in [0.5, 0.6) is 0 Å². The number of fused-ring (bicyclic) bond motifs is 1. The van der Waals surface area contributed by atoms with Gasteiger partial charge in [0.15, 0.2) is 4.80 Å². The number of ether oxygens (including phenoxy) is 1. The number of esters is 1. The van der Waals surface area contributed by atoms with Crippen LogP contribution in [-0.2, 0) is 26.1 Å². The van der Waals surface area contributed by atoms with Gasteiger partial charge < -0.3 is 9.30 Å². The number of thiophene rings is 1. The topological polar surface area (TPSA) is 98.0 Å². The third-order valence-corrected chi connectivity index (χ3v) is 9.50. The number of carbonyl (C=O) groups is 2. The first kappa shape index (κ1) is 21.9. The molecule has 0 radical (unpaired) electrons. The zero-order valence-electron chi connectivity index (χ0n) is 17.0. The average Bonchev–Trinajstić information content (AvgIpc) is 3.52. The number of carbonyl (C=O) groups excluding carboxylic acids is 2. The van der Waals surface area contributed by atoms with Gasteiger partial charge in [0, 0.05) is 13.1 Å². The molecule has 3 heterocycles. The molecule has 0 spiro atoms. The summed E-state index contributed by atoms with van der Waals surface area (Å²) in [6, 6.07) is 7.60. The lowest BCUT2D eigenvalue weighted by Crippen LogP contribution is -2.40. The zero-order chi connectivity index (χ0) is 22.2. The number of hydrogen-bond acceptors (Lipinski definition) is 7. The number of thiazole rings is 1. The van der Waals surface area contributed by atoms with Crippen LogP contribution in [0.1, 0.15) is 30.1 Å². The molecule has 1 unspecified atom stereocenters. The molecule has 8 nitrogen and oxygen atoms in total. The van der Waals surface area contributed by atoms with Crippen LogP contribution < -0.4 is 4.80 Å².